The number of fused-ring (bicyclic) bond motifs is 1. The quantitative estimate of drug-likeness (QED) is 0.696. The third-order valence-electron chi connectivity index (χ3n) is 3.75. The van der Waals surface area contributed by atoms with Gasteiger partial charge >= 0.3 is 0 Å². The molecule has 0 fully saturated rings. The van der Waals surface area contributed by atoms with Gasteiger partial charge in [0.1, 0.15) is 17.3 Å². The normalized spacial score (nSPS) is 14.6. The molecule has 0 unspecified atom stereocenters. The Bertz CT molecular complexity index is 738. The summed E-state index contributed by atoms with van der Waals surface area (Å²) < 4.78 is 19.3. The van der Waals surface area contributed by atoms with Crippen LogP contribution in [-0.4, -0.2) is 24.9 Å². The second-order valence-electron chi connectivity index (χ2n) is 5.40. The predicted molar refractivity (Wildman–Crippen MR) is 88.9 cm³/mol. The number of benzene rings is 1. The predicted octanol–water partition coefficient (Wildman–Crippen LogP) is 2.98. The molecular formula is C17H19FN4O. The average molecular weight is 314 g/mol. The zero-order valence-corrected chi connectivity index (χ0v) is 13.1. The summed E-state index contributed by atoms with van der Waals surface area (Å²) in [5.74, 6) is 1.11. The van der Waals surface area contributed by atoms with Gasteiger partial charge in [-0.2, -0.15) is 0 Å². The molecule has 23 heavy (non-hydrogen) atoms. The largest absolute Gasteiger partial charge is 0.440 e. The van der Waals surface area contributed by atoms with Crippen LogP contribution < -0.4 is 10.2 Å². The van der Waals surface area contributed by atoms with Gasteiger partial charge in [0.25, 0.3) is 0 Å². The third-order valence-corrected chi connectivity index (χ3v) is 3.75. The lowest BCUT2D eigenvalue weighted by molar-refractivity contribution is 0.485. The lowest BCUT2D eigenvalue weighted by Crippen LogP contribution is -2.23. The van der Waals surface area contributed by atoms with E-state index in [4.69, 9.17) is 4.42 Å². The van der Waals surface area contributed by atoms with E-state index in [1.165, 1.54) is 12.4 Å². The van der Waals surface area contributed by atoms with Crippen LogP contribution in [0.4, 0.5) is 10.1 Å². The Balaban J connectivity index is 1.82. The first-order valence-electron chi connectivity index (χ1n) is 7.53. The van der Waals surface area contributed by atoms with E-state index in [9.17, 15) is 4.39 Å². The van der Waals surface area contributed by atoms with Crippen LogP contribution in [0.1, 0.15) is 23.8 Å². The van der Waals surface area contributed by atoms with Crippen molar-refractivity contribution in [2.75, 3.05) is 18.5 Å². The first-order valence-corrected chi connectivity index (χ1v) is 7.53. The molecule has 0 saturated carbocycles. The molecule has 0 saturated heterocycles. The summed E-state index contributed by atoms with van der Waals surface area (Å²) in [4.78, 5) is 10.5. The van der Waals surface area contributed by atoms with E-state index in [1.807, 2.05) is 6.07 Å². The number of oxazole rings is 1. The summed E-state index contributed by atoms with van der Waals surface area (Å²) in [6.45, 7) is 5.33. The third kappa shape index (κ3) is 3.41. The van der Waals surface area contributed by atoms with E-state index in [0.29, 0.717) is 18.1 Å². The Morgan fingerprint density at radius 2 is 2.39 bits per heavy atom. The van der Waals surface area contributed by atoms with E-state index < -0.39 is 0 Å². The van der Waals surface area contributed by atoms with Crippen molar-refractivity contribution in [3.8, 4) is 0 Å². The van der Waals surface area contributed by atoms with Gasteiger partial charge in [-0.15, -0.1) is 0 Å². The molecule has 1 aromatic carbocycles. The van der Waals surface area contributed by atoms with Crippen molar-refractivity contribution in [3.63, 3.8) is 0 Å². The number of aromatic nitrogens is 1. The summed E-state index contributed by atoms with van der Waals surface area (Å²) >= 11 is 0. The topological polar surface area (TPSA) is 53.7 Å². The molecule has 1 aliphatic rings. The van der Waals surface area contributed by atoms with Gasteiger partial charge in [0.05, 0.1) is 18.6 Å². The SMILES string of the molecule is C=C(NC=NC)c1nc2c(o1)CCCN(c1cccc(F)c1)C2. The highest BCUT2D eigenvalue weighted by Gasteiger charge is 2.21. The monoisotopic (exact) mass is 314 g/mol. The smallest absolute Gasteiger partial charge is 0.242 e. The van der Waals surface area contributed by atoms with E-state index in [1.54, 1.807) is 19.2 Å². The van der Waals surface area contributed by atoms with Crippen LogP contribution in [0, 0.1) is 5.82 Å². The van der Waals surface area contributed by atoms with Gasteiger partial charge in [0, 0.05) is 25.7 Å². The van der Waals surface area contributed by atoms with E-state index in [-0.39, 0.29) is 5.82 Å². The molecule has 6 heteroatoms. The summed E-state index contributed by atoms with van der Waals surface area (Å²) in [7, 11) is 1.67. The molecule has 0 aliphatic carbocycles. The second-order valence-corrected chi connectivity index (χ2v) is 5.40. The summed E-state index contributed by atoms with van der Waals surface area (Å²) in [5.41, 5.74) is 2.30. The fourth-order valence-electron chi connectivity index (χ4n) is 2.62. The van der Waals surface area contributed by atoms with Gasteiger partial charge < -0.3 is 14.6 Å². The van der Waals surface area contributed by atoms with Crippen molar-refractivity contribution in [3.05, 3.63) is 54.0 Å². The lowest BCUT2D eigenvalue weighted by Gasteiger charge is -2.22. The van der Waals surface area contributed by atoms with Crippen LogP contribution in [-0.2, 0) is 13.0 Å². The number of aliphatic imine (C=N–C) groups is 1. The number of rotatable bonds is 4. The average Bonchev–Trinajstić information content (AvgIpc) is 2.84. The number of nitrogens with zero attached hydrogens (tertiary/aromatic N) is 3. The van der Waals surface area contributed by atoms with Gasteiger partial charge in [-0.25, -0.2) is 9.37 Å². The van der Waals surface area contributed by atoms with Crippen molar-refractivity contribution >= 4 is 17.7 Å². The maximum atomic E-state index is 13.5. The Morgan fingerprint density at radius 1 is 1.52 bits per heavy atom. The minimum Gasteiger partial charge on any atom is -0.440 e. The minimum atomic E-state index is -0.232. The molecule has 0 radical (unpaired) electrons. The summed E-state index contributed by atoms with van der Waals surface area (Å²) in [6.07, 6.45) is 3.27. The highest BCUT2D eigenvalue weighted by molar-refractivity contribution is 5.71. The Labute approximate surface area is 134 Å². The molecule has 2 aromatic rings. The minimum absolute atomic E-state index is 0.232. The van der Waals surface area contributed by atoms with Gasteiger partial charge in [-0.1, -0.05) is 12.6 Å². The summed E-state index contributed by atoms with van der Waals surface area (Å²) in [5, 5.41) is 2.92. The number of halogens is 1. The van der Waals surface area contributed by atoms with Crippen LogP contribution in [0.2, 0.25) is 0 Å². The van der Waals surface area contributed by atoms with Crippen molar-refractivity contribution in [2.24, 2.45) is 4.99 Å². The summed E-state index contributed by atoms with van der Waals surface area (Å²) in [6, 6.07) is 6.63. The Morgan fingerprint density at radius 3 is 3.17 bits per heavy atom. The Hall–Kier alpha value is -2.63. The van der Waals surface area contributed by atoms with E-state index in [0.717, 1.165) is 36.5 Å². The maximum absolute atomic E-state index is 13.5. The molecule has 1 aromatic heterocycles. The molecule has 5 nitrogen and oxygen atoms in total. The molecule has 0 amide bonds. The highest BCUT2D eigenvalue weighted by Crippen LogP contribution is 2.26. The number of anilines is 1. The van der Waals surface area contributed by atoms with Gasteiger partial charge in [0.15, 0.2) is 0 Å². The van der Waals surface area contributed by atoms with Crippen LogP contribution in [0.25, 0.3) is 5.70 Å². The Kier molecular flexibility index (Phi) is 4.41. The first kappa shape index (κ1) is 15.3. The van der Waals surface area contributed by atoms with Crippen molar-refractivity contribution < 1.29 is 8.81 Å². The van der Waals surface area contributed by atoms with E-state index in [2.05, 4.69) is 26.8 Å². The fraction of sp³-hybridized carbons (Fsp3) is 0.294. The number of nitrogens with one attached hydrogen (secondary N) is 1. The molecule has 0 atom stereocenters. The van der Waals surface area contributed by atoms with Crippen LogP contribution >= 0.6 is 0 Å². The molecular weight excluding hydrogens is 295 g/mol. The standard InChI is InChI=1S/C17H19FN4O/c1-12(20-11-19-2)17-21-15-10-22(8-4-7-16(15)23-17)14-6-3-5-13(18)9-14/h3,5-6,9,11H,1,4,7-8,10H2,2H3,(H,19,20). The highest BCUT2D eigenvalue weighted by atomic mass is 19.1. The molecule has 120 valence electrons. The van der Waals surface area contributed by atoms with Crippen molar-refractivity contribution in [1.82, 2.24) is 10.3 Å². The van der Waals surface area contributed by atoms with E-state index >= 15 is 0 Å². The number of hydrogen-bond acceptors (Lipinski definition) is 4. The van der Waals surface area contributed by atoms with Gasteiger partial charge in [-0.05, 0) is 24.6 Å². The zero-order valence-electron chi connectivity index (χ0n) is 13.1. The molecule has 2 heterocycles. The molecule has 1 N–H and O–H groups in total. The molecule has 3 rings (SSSR count). The number of aryl methyl sites for hydroxylation is 1. The van der Waals surface area contributed by atoms with Gasteiger partial charge in [0.2, 0.25) is 5.89 Å². The second kappa shape index (κ2) is 6.64. The molecule has 1 aliphatic heterocycles. The fourth-order valence-corrected chi connectivity index (χ4v) is 2.62. The first-order chi connectivity index (χ1) is 11.2. The molecule has 0 spiro atoms. The number of hydrogen-bond donors (Lipinski definition) is 1. The van der Waals surface area contributed by atoms with Crippen LogP contribution in [0.5, 0.6) is 0 Å². The van der Waals surface area contributed by atoms with Crippen LogP contribution in [0.3, 0.4) is 0 Å². The lowest BCUT2D eigenvalue weighted by atomic mass is 10.2. The van der Waals surface area contributed by atoms with Crippen molar-refractivity contribution in [1.29, 1.82) is 0 Å². The molecule has 0 bridgehead atoms. The zero-order chi connectivity index (χ0) is 16.2. The van der Waals surface area contributed by atoms with Crippen molar-refractivity contribution in [2.45, 2.75) is 19.4 Å². The maximum Gasteiger partial charge on any atom is 0.242 e. The van der Waals surface area contributed by atoms with Gasteiger partial charge in [-0.3, -0.25) is 4.99 Å². The van der Waals surface area contributed by atoms with Crippen LogP contribution in [0.15, 0.2) is 40.3 Å².